The summed E-state index contributed by atoms with van der Waals surface area (Å²) in [6.45, 7) is 0. The fourth-order valence-corrected chi connectivity index (χ4v) is 1.94. The van der Waals surface area contributed by atoms with Crippen LogP contribution in [0.3, 0.4) is 0 Å². The molecule has 1 heterocycles. The molecule has 0 atom stereocenters. The molecule has 8 heteroatoms. The number of carboxylic acid groups (broad SMARTS) is 1. The molecule has 0 saturated carbocycles. The minimum absolute atomic E-state index is 0.178. The summed E-state index contributed by atoms with van der Waals surface area (Å²) in [5, 5.41) is 16.2. The molecule has 0 fully saturated rings. The number of hydrogen-bond acceptors (Lipinski definition) is 5. The largest absolute Gasteiger partial charge is 0.476 e. The van der Waals surface area contributed by atoms with Gasteiger partial charge in [0, 0.05) is 6.26 Å². The van der Waals surface area contributed by atoms with Gasteiger partial charge in [-0.05, 0) is 24.3 Å². The highest BCUT2D eigenvalue weighted by atomic mass is 32.2. The number of carbonyl (C=O) groups is 1. The molecule has 0 unspecified atom stereocenters. The van der Waals surface area contributed by atoms with Crippen molar-refractivity contribution in [2.75, 3.05) is 6.26 Å². The molecule has 1 N–H and O–H groups in total. The summed E-state index contributed by atoms with van der Waals surface area (Å²) in [5.41, 5.74) is 0.303. The Balaban J connectivity index is 2.37. The molecule has 7 nitrogen and oxygen atoms in total. The first-order valence-corrected chi connectivity index (χ1v) is 6.73. The van der Waals surface area contributed by atoms with E-state index in [1.165, 1.54) is 24.3 Å². The Kier molecular flexibility index (Phi) is 2.87. The Labute approximate surface area is 103 Å². The summed E-state index contributed by atoms with van der Waals surface area (Å²) >= 11 is 0. The van der Waals surface area contributed by atoms with Crippen LogP contribution in [-0.2, 0) is 9.84 Å². The highest BCUT2D eigenvalue weighted by molar-refractivity contribution is 7.90. The first-order chi connectivity index (χ1) is 8.38. The fourth-order valence-electron chi connectivity index (χ4n) is 1.31. The first-order valence-electron chi connectivity index (χ1n) is 4.84. The predicted octanol–water partition coefficient (Wildman–Crippen LogP) is 0.369. The maximum atomic E-state index is 11.3. The number of aromatic nitrogens is 3. The van der Waals surface area contributed by atoms with Gasteiger partial charge in [-0.25, -0.2) is 13.2 Å². The van der Waals surface area contributed by atoms with E-state index in [0.29, 0.717) is 5.69 Å². The van der Waals surface area contributed by atoms with E-state index in [4.69, 9.17) is 5.11 Å². The second-order valence-corrected chi connectivity index (χ2v) is 5.61. The topological polar surface area (TPSA) is 102 Å². The molecular weight excluding hydrogens is 258 g/mol. The lowest BCUT2D eigenvalue weighted by Gasteiger charge is -2.01. The molecule has 0 bridgehead atoms. The maximum Gasteiger partial charge on any atom is 0.358 e. The third-order valence-corrected chi connectivity index (χ3v) is 3.34. The van der Waals surface area contributed by atoms with E-state index in [2.05, 4.69) is 10.2 Å². The van der Waals surface area contributed by atoms with Crippen LogP contribution in [0.25, 0.3) is 5.69 Å². The molecule has 0 amide bonds. The van der Waals surface area contributed by atoms with Crippen molar-refractivity contribution >= 4 is 15.8 Å². The van der Waals surface area contributed by atoms with Gasteiger partial charge in [-0.15, -0.1) is 5.10 Å². The number of benzene rings is 1. The predicted molar refractivity (Wildman–Crippen MR) is 61.4 cm³/mol. The van der Waals surface area contributed by atoms with Crippen molar-refractivity contribution in [3.8, 4) is 5.69 Å². The van der Waals surface area contributed by atoms with Crippen LogP contribution in [0.4, 0.5) is 0 Å². The average Bonchev–Trinajstić information content (AvgIpc) is 2.77. The second kappa shape index (κ2) is 4.22. The van der Waals surface area contributed by atoms with E-state index in [1.807, 2.05) is 0 Å². The Morgan fingerprint density at radius 1 is 1.28 bits per heavy atom. The zero-order chi connectivity index (χ0) is 13.3. The van der Waals surface area contributed by atoms with Crippen molar-refractivity contribution in [2.24, 2.45) is 0 Å². The van der Waals surface area contributed by atoms with Gasteiger partial charge in [0.05, 0.1) is 16.8 Å². The quantitative estimate of drug-likeness (QED) is 0.861. The SMILES string of the molecule is CS(=O)(=O)c1ccc(-n2ncc(C(=O)O)n2)cc1. The van der Waals surface area contributed by atoms with Gasteiger partial charge < -0.3 is 5.11 Å². The van der Waals surface area contributed by atoms with E-state index in [1.54, 1.807) is 0 Å². The van der Waals surface area contributed by atoms with Crippen LogP contribution in [0.2, 0.25) is 0 Å². The van der Waals surface area contributed by atoms with Crippen LogP contribution >= 0.6 is 0 Å². The van der Waals surface area contributed by atoms with Crippen LogP contribution in [0, 0.1) is 0 Å². The standard InChI is InChI=1S/C10H9N3O4S/c1-18(16,17)8-4-2-7(3-5-8)13-11-6-9(12-13)10(14)15/h2-6H,1H3,(H,14,15). The zero-order valence-electron chi connectivity index (χ0n) is 9.31. The Morgan fingerprint density at radius 3 is 2.33 bits per heavy atom. The number of rotatable bonds is 3. The average molecular weight is 267 g/mol. The van der Waals surface area contributed by atoms with Gasteiger partial charge in [0.1, 0.15) is 0 Å². The monoisotopic (exact) mass is 267 g/mol. The van der Waals surface area contributed by atoms with E-state index in [0.717, 1.165) is 17.2 Å². The molecule has 0 saturated heterocycles. The van der Waals surface area contributed by atoms with Gasteiger partial charge in [-0.2, -0.15) is 9.90 Å². The molecule has 0 aliphatic carbocycles. The van der Waals surface area contributed by atoms with Crippen LogP contribution < -0.4 is 0 Å². The van der Waals surface area contributed by atoms with Crippen molar-refractivity contribution in [3.05, 3.63) is 36.2 Å². The summed E-state index contributed by atoms with van der Waals surface area (Å²) in [6.07, 6.45) is 2.23. The normalized spacial score (nSPS) is 11.4. The lowest BCUT2D eigenvalue weighted by Crippen LogP contribution is -2.03. The third-order valence-electron chi connectivity index (χ3n) is 2.21. The van der Waals surface area contributed by atoms with Crippen molar-refractivity contribution in [1.29, 1.82) is 0 Å². The van der Waals surface area contributed by atoms with E-state index < -0.39 is 15.8 Å². The molecule has 0 spiro atoms. The summed E-state index contributed by atoms with van der Waals surface area (Å²) in [6, 6.07) is 5.83. The molecule has 0 aliphatic heterocycles. The molecule has 2 rings (SSSR count). The summed E-state index contributed by atoms with van der Waals surface area (Å²) < 4.78 is 22.5. The number of sulfone groups is 1. The first kappa shape index (κ1) is 12.2. The van der Waals surface area contributed by atoms with Crippen molar-refractivity contribution < 1.29 is 18.3 Å². The van der Waals surface area contributed by atoms with Crippen molar-refractivity contribution in [2.45, 2.75) is 4.90 Å². The summed E-state index contributed by atoms with van der Waals surface area (Å²) in [7, 11) is -3.25. The number of nitrogens with zero attached hydrogens (tertiary/aromatic N) is 3. The third kappa shape index (κ3) is 2.38. The number of hydrogen-bond donors (Lipinski definition) is 1. The van der Waals surface area contributed by atoms with Gasteiger partial charge in [0.2, 0.25) is 0 Å². The van der Waals surface area contributed by atoms with E-state index >= 15 is 0 Å². The Morgan fingerprint density at radius 2 is 1.89 bits per heavy atom. The van der Waals surface area contributed by atoms with Gasteiger partial charge in [-0.1, -0.05) is 0 Å². The van der Waals surface area contributed by atoms with Crippen LogP contribution in [0.15, 0.2) is 35.4 Å². The molecule has 0 aliphatic rings. The van der Waals surface area contributed by atoms with Crippen molar-refractivity contribution in [1.82, 2.24) is 15.0 Å². The minimum Gasteiger partial charge on any atom is -0.476 e. The Hall–Kier alpha value is -2.22. The van der Waals surface area contributed by atoms with Gasteiger partial charge in [0.25, 0.3) is 0 Å². The second-order valence-electron chi connectivity index (χ2n) is 3.59. The minimum atomic E-state index is -3.25. The highest BCUT2D eigenvalue weighted by Gasteiger charge is 2.10. The summed E-state index contributed by atoms with van der Waals surface area (Å²) in [4.78, 5) is 11.9. The molecule has 0 radical (unpaired) electrons. The zero-order valence-corrected chi connectivity index (χ0v) is 10.1. The summed E-state index contributed by atoms with van der Waals surface area (Å²) in [5.74, 6) is -1.17. The Bertz CT molecular complexity index is 688. The molecule has 1 aromatic carbocycles. The number of aromatic carboxylic acids is 1. The van der Waals surface area contributed by atoms with Gasteiger partial charge >= 0.3 is 5.97 Å². The fraction of sp³-hybridized carbons (Fsp3) is 0.100. The molecule has 1 aromatic heterocycles. The van der Waals surface area contributed by atoms with Gasteiger partial charge in [-0.3, -0.25) is 0 Å². The molecule has 94 valence electrons. The van der Waals surface area contributed by atoms with Gasteiger partial charge in [0.15, 0.2) is 15.5 Å². The van der Waals surface area contributed by atoms with Crippen LogP contribution in [0.1, 0.15) is 10.5 Å². The van der Waals surface area contributed by atoms with Crippen molar-refractivity contribution in [3.63, 3.8) is 0 Å². The smallest absolute Gasteiger partial charge is 0.358 e. The lowest BCUT2D eigenvalue weighted by molar-refractivity contribution is 0.0690. The van der Waals surface area contributed by atoms with Crippen LogP contribution in [-0.4, -0.2) is 40.7 Å². The molecular formula is C10H9N3O4S. The highest BCUT2D eigenvalue weighted by Crippen LogP contribution is 2.12. The van der Waals surface area contributed by atoms with E-state index in [-0.39, 0.29) is 10.6 Å². The van der Waals surface area contributed by atoms with Crippen LogP contribution in [0.5, 0.6) is 0 Å². The molecule has 18 heavy (non-hydrogen) atoms. The number of carboxylic acids is 1. The molecule has 2 aromatic rings. The lowest BCUT2D eigenvalue weighted by atomic mass is 10.3. The van der Waals surface area contributed by atoms with E-state index in [9.17, 15) is 13.2 Å². The maximum absolute atomic E-state index is 11.3.